The predicted octanol–water partition coefficient (Wildman–Crippen LogP) is 4.49. The number of hydrogen-bond donors (Lipinski definition) is 0. The molecule has 4 atom stereocenters. The van der Waals surface area contributed by atoms with Gasteiger partial charge in [-0.3, -0.25) is 0 Å². The lowest BCUT2D eigenvalue weighted by Gasteiger charge is -2.17. The lowest BCUT2D eigenvalue weighted by Crippen LogP contribution is -2.06. The van der Waals surface area contributed by atoms with Gasteiger partial charge in [0.25, 0.3) is 0 Å². The van der Waals surface area contributed by atoms with Crippen LogP contribution in [0.25, 0.3) is 0 Å². The predicted molar refractivity (Wildman–Crippen MR) is 59.7 cm³/mol. The van der Waals surface area contributed by atoms with Gasteiger partial charge < -0.3 is 0 Å². The Kier molecular flexibility index (Phi) is 4.28. The van der Waals surface area contributed by atoms with Crippen LogP contribution in [0.5, 0.6) is 0 Å². The molecular weight excluding hydrogens is 156 g/mol. The maximum absolute atomic E-state index is 2.42. The maximum Gasteiger partial charge on any atom is -0.0386 e. The summed E-state index contributed by atoms with van der Waals surface area (Å²) >= 11 is 0. The molecule has 0 aliphatic heterocycles. The van der Waals surface area contributed by atoms with Crippen molar-refractivity contribution in [2.24, 2.45) is 23.7 Å². The average Bonchev–Trinajstić information content (AvgIpc) is 2.80. The van der Waals surface area contributed by atoms with E-state index in [0.717, 1.165) is 23.7 Å². The van der Waals surface area contributed by atoms with E-state index in [9.17, 15) is 0 Å². The standard InChI is InChI=1S/C13H26/c1-5-10(2)11(3)7-6-8-13-9-12(13)4/h10-13H,5-9H2,1-4H3. The molecule has 0 radical (unpaired) electrons. The Morgan fingerprint density at radius 3 is 2.31 bits per heavy atom. The summed E-state index contributed by atoms with van der Waals surface area (Å²) in [6, 6.07) is 0. The molecule has 78 valence electrons. The van der Waals surface area contributed by atoms with Crippen LogP contribution in [0.4, 0.5) is 0 Å². The molecule has 0 heteroatoms. The topological polar surface area (TPSA) is 0 Å². The summed E-state index contributed by atoms with van der Waals surface area (Å²) in [5, 5.41) is 0. The van der Waals surface area contributed by atoms with Gasteiger partial charge in [0, 0.05) is 0 Å². The zero-order valence-corrected chi connectivity index (χ0v) is 9.84. The Hall–Kier alpha value is 0. The molecule has 0 nitrogen and oxygen atoms in total. The van der Waals surface area contributed by atoms with Crippen LogP contribution < -0.4 is 0 Å². The highest BCUT2D eigenvalue weighted by Gasteiger charge is 2.31. The van der Waals surface area contributed by atoms with E-state index >= 15 is 0 Å². The Morgan fingerprint density at radius 1 is 1.23 bits per heavy atom. The van der Waals surface area contributed by atoms with Crippen LogP contribution in [0.3, 0.4) is 0 Å². The fourth-order valence-corrected chi connectivity index (χ4v) is 2.19. The van der Waals surface area contributed by atoms with Crippen molar-refractivity contribution >= 4 is 0 Å². The molecule has 0 saturated heterocycles. The molecule has 1 rings (SSSR count). The van der Waals surface area contributed by atoms with Crippen LogP contribution in [0.15, 0.2) is 0 Å². The highest BCUT2D eigenvalue weighted by atomic mass is 14.4. The van der Waals surface area contributed by atoms with Gasteiger partial charge in [-0.2, -0.15) is 0 Å². The first-order valence-corrected chi connectivity index (χ1v) is 6.15. The SMILES string of the molecule is CCC(C)C(C)CCCC1CC1C. The molecule has 1 aliphatic rings. The smallest absolute Gasteiger partial charge is 0.0386 e. The van der Waals surface area contributed by atoms with Crippen LogP contribution in [0, 0.1) is 23.7 Å². The second-order valence-electron chi connectivity index (χ2n) is 5.27. The van der Waals surface area contributed by atoms with Crippen LogP contribution in [0.1, 0.15) is 59.8 Å². The lowest BCUT2D eigenvalue weighted by molar-refractivity contribution is 0.340. The Bertz CT molecular complexity index is 139. The highest BCUT2D eigenvalue weighted by Crippen LogP contribution is 2.42. The second-order valence-corrected chi connectivity index (χ2v) is 5.27. The van der Waals surface area contributed by atoms with Crippen molar-refractivity contribution < 1.29 is 0 Å². The zero-order valence-electron chi connectivity index (χ0n) is 9.84. The largest absolute Gasteiger partial charge is 0.0651 e. The summed E-state index contributed by atoms with van der Waals surface area (Å²) in [7, 11) is 0. The van der Waals surface area contributed by atoms with Gasteiger partial charge in [-0.05, 0) is 30.1 Å². The van der Waals surface area contributed by atoms with Gasteiger partial charge in [0.2, 0.25) is 0 Å². The molecule has 0 spiro atoms. The van der Waals surface area contributed by atoms with Gasteiger partial charge >= 0.3 is 0 Å². The zero-order chi connectivity index (χ0) is 9.84. The Morgan fingerprint density at radius 2 is 1.85 bits per heavy atom. The van der Waals surface area contributed by atoms with E-state index < -0.39 is 0 Å². The first kappa shape index (κ1) is 11.1. The van der Waals surface area contributed by atoms with Gasteiger partial charge in [-0.1, -0.05) is 53.4 Å². The molecule has 0 heterocycles. The molecule has 0 amide bonds. The third-order valence-electron chi connectivity index (χ3n) is 4.13. The van der Waals surface area contributed by atoms with E-state index in [0.29, 0.717) is 0 Å². The minimum Gasteiger partial charge on any atom is -0.0651 e. The van der Waals surface area contributed by atoms with Crippen molar-refractivity contribution in [2.45, 2.75) is 59.8 Å². The van der Waals surface area contributed by atoms with Crippen molar-refractivity contribution in [3.05, 3.63) is 0 Å². The third kappa shape index (κ3) is 3.70. The fourth-order valence-electron chi connectivity index (χ4n) is 2.19. The quantitative estimate of drug-likeness (QED) is 0.567. The monoisotopic (exact) mass is 182 g/mol. The van der Waals surface area contributed by atoms with E-state index in [1.54, 1.807) is 0 Å². The van der Waals surface area contributed by atoms with Crippen molar-refractivity contribution in [1.82, 2.24) is 0 Å². The van der Waals surface area contributed by atoms with Crippen LogP contribution in [0.2, 0.25) is 0 Å². The van der Waals surface area contributed by atoms with Crippen molar-refractivity contribution in [2.75, 3.05) is 0 Å². The maximum atomic E-state index is 2.42. The molecular formula is C13H26. The lowest BCUT2D eigenvalue weighted by atomic mass is 9.89. The van der Waals surface area contributed by atoms with Gasteiger partial charge in [0.15, 0.2) is 0 Å². The second kappa shape index (κ2) is 5.02. The minimum atomic E-state index is 0.927. The van der Waals surface area contributed by atoms with E-state index in [2.05, 4.69) is 27.7 Å². The molecule has 1 saturated carbocycles. The average molecular weight is 182 g/mol. The molecule has 1 aliphatic carbocycles. The molecule has 0 aromatic carbocycles. The molecule has 13 heavy (non-hydrogen) atoms. The minimum absolute atomic E-state index is 0.927. The fraction of sp³-hybridized carbons (Fsp3) is 1.00. The van der Waals surface area contributed by atoms with E-state index in [-0.39, 0.29) is 0 Å². The highest BCUT2D eigenvalue weighted by molar-refractivity contribution is 4.82. The summed E-state index contributed by atoms with van der Waals surface area (Å²) in [5.41, 5.74) is 0. The Balaban J connectivity index is 1.98. The summed E-state index contributed by atoms with van der Waals surface area (Å²) < 4.78 is 0. The summed E-state index contributed by atoms with van der Waals surface area (Å²) in [6.45, 7) is 9.52. The number of hydrogen-bond acceptors (Lipinski definition) is 0. The van der Waals surface area contributed by atoms with Crippen molar-refractivity contribution in [3.63, 3.8) is 0 Å². The molecule has 0 aromatic rings. The Labute approximate surface area is 84.1 Å². The molecule has 4 unspecified atom stereocenters. The van der Waals surface area contributed by atoms with E-state index in [1.807, 2.05) is 0 Å². The van der Waals surface area contributed by atoms with Crippen LogP contribution in [-0.4, -0.2) is 0 Å². The molecule has 1 fully saturated rings. The molecule has 0 N–H and O–H groups in total. The van der Waals surface area contributed by atoms with Gasteiger partial charge in [-0.15, -0.1) is 0 Å². The first-order valence-electron chi connectivity index (χ1n) is 6.15. The number of rotatable bonds is 6. The molecule has 0 aromatic heterocycles. The van der Waals surface area contributed by atoms with Gasteiger partial charge in [0.05, 0.1) is 0 Å². The van der Waals surface area contributed by atoms with Gasteiger partial charge in [0.1, 0.15) is 0 Å². The molecule has 0 bridgehead atoms. The summed E-state index contributed by atoms with van der Waals surface area (Å²) in [5.74, 6) is 4.03. The van der Waals surface area contributed by atoms with Crippen molar-refractivity contribution in [3.8, 4) is 0 Å². The normalized spacial score (nSPS) is 31.4. The first-order chi connectivity index (χ1) is 6.15. The van der Waals surface area contributed by atoms with E-state index in [4.69, 9.17) is 0 Å². The summed E-state index contributed by atoms with van der Waals surface area (Å²) in [6.07, 6.45) is 7.29. The van der Waals surface area contributed by atoms with E-state index in [1.165, 1.54) is 32.1 Å². The third-order valence-corrected chi connectivity index (χ3v) is 4.13. The van der Waals surface area contributed by atoms with Gasteiger partial charge in [-0.25, -0.2) is 0 Å². The van der Waals surface area contributed by atoms with Crippen LogP contribution >= 0.6 is 0 Å². The summed E-state index contributed by atoms with van der Waals surface area (Å²) in [4.78, 5) is 0. The van der Waals surface area contributed by atoms with Crippen LogP contribution in [-0.2, 0) is 0 Å². The van der Waals surface area contributed by atoms with Crippen molar-refractivity contribution in [1.29, 1.82) is 0 Å².